The van der Waals surface area contributed by atoms with Crippen molar-refractivity contribution in [1.82, 2.24) is 10.3 Å². The van der Waals surface area contributed by atoms with Gasteiger partial charge in [-0.05, 0) is 37.8 Å². The Hall–Kier alpha value is -1.62. The Morgan fingerprint density at radius 2 is 2.30 bits per heavy atom. The molecule has 0 bridgehead atoms. The lowest BCUT2D eigenvalue weighted by Gasteiger charge is -2.39. The third-order valence-electron chi connectivity index (χ3n) is 4.07. The molecule has 0 aliphatic heterocycles. The Kier molecular flexibility index (Phi) is 4.28. The largest absolute Gasteiger partial charge is 0.394 e. The fourth-order valence-corrected chi connectivity index (χ4v) is 3.02. The Morgan fingerprint density at radius 3 is 2.90 bits per heavy atom. The smallest absolute Gasteiger partial charge is 0.260 e. The number of aromatic amines is 1. The van der Waals surface area contributed by atoms with Crippen LogP contribution >= 0.6 is 0 Å². The number of aromatic nitrogens is 1. The highest BCUT2D eigenvalue weighted by atomic mass is 16.3. The maximum atomic E-state index is 12.3. The Morgan fingerprint density at radius 1 is 1.55 bits per heavy atom. The SMILES string of the molecule is Cc1ccc(C(=O)NC2(CO)CCCC(C)C2)c(=O)[nH]1. The summed E-state index contributed by atoms with van der Waals surface area (Å²) in [7, 11) is 0. The summed E-state index contributed by atoms with van der Waals surface area (Å²) < 4.78 is 0. The fourth-order valence-electron chi connectivity index (χ4n) is 3.02. The number of aliphatic hydroxyl groups is 1. The Bertz CT molecular complexity index is 552. The highest BCUT2D eigenvalue weighted by molar-refractivity contribution is 5.94. The molecule has 3 N–H and O–H groups in total. The third-order valence-corrected chi connectivity index (χ3v) is 4.07. The molecule has 2 rings (SSSR count). The van der Waals surface area contributed by atoms with Gasteiger partial charge in [-0.3, -0.25) is 9.59 Å². The van der Waals surface area contributed by atoms with Crippen LogP contribution in [0.2, 0.25) is 0 Å². The van der Waals surface area contributed by atoms with Gasteiger partial charge in [0, 0.05) is 5.69 Å². The molecule has 1 aromatic rings. The second-order valence-corrected chi connectivity index (χ2v) is 5.98. The molecule has 1 aliphatic carbocycles. The van der Waals surface area contributed by atoms with Crippen LogP contribution in [0.5, 0.6) is 0 Å². The molecule has 0 aromatic carbocycles. The van der Waals surface area contributed by atoms with Crippen molar-refractivity contribution >= 4 is 5.91 Å². The number of carbonyl (C=O) groups is 1. The molecule has 2 atom stereocenters. The van der Waals surface area contributed by atoms with Crippen LogP contribution in [0, 0.1) is 12.8 Å². The zero-order chi connectivity index (χ0) is 14.8. The zero-order valence-corrected chi connectivity index (χ0v) is 12.0. The number of aryl methyl sites for hydroxylation is 1. The average Bonchev–Trinajstić information content (AvgIpc) is 2.38. The van der Waals surface area contributed by atoms with E-state index in [1.807, 2.05) is 0 Å². The van der Waals surface area contributed by atoms with Crippen molar-refractivity contribution in [1.29, 1.82) is 0 Å². The summed E-state index contributed by atoms with van der Waals surface area (Å²) in [5, 5.41) is 12.5. The van der Waals surface area contributed by atoms with Gasteiger partial charge in [-0.2, -0.15) is 0 Å². The standard InChI is InChI=1S/C15H22N2O3/c1-10-4-3-7-15(8-10,9-18)17-14(20)12-6-5-11(2)16-13(12)19/h5-6,10,18H,3-4,7-9H2,1-2H3,(H,16,19)(H,17,20). The van der Waals surface area contributed by atoms with Crippen LogP contribution < -0.4 is 10.9 Å². The molecular weight excluding hydrogens is 256 g/mol. The molecule has 5 heteroatoms. The fraction of sp³-hybridized carbons (Fsp3) is 0.600. The van der Waals surface area contributed by atoms with E-state index in [2.05, 4.69) is 17.2 Å². The second kappa shape index (κ2) is 5.79. The van der Waals surface area contributed by atoms with Crippen LogP contribution in [0.15, 0.2) is 16.9 Å². The first kappa shape index (κ1) is 14.8. The molecule has 5 nitrogen and oxygen atoms in total. The van der Waals surface area contributed by atoms with Gasteiger partial charge in [0.05, 0.1) is 12.1 Å². The summed E-state index contributed by atoms with van der Waals surface area (Å²) in [6.07, 6.45) is 3.59. The minimum absolute atomic E-state index is 0.0904. The van der Waals surface area contributed by atoms with Crippen LogP contribution in [0.1, 0.15) is 48.7 Å². The van der Waals surface area contributed by atoms with E-state index < -0.39 is 11.4 Å². The molecule has 1 saturated carbocycles. The summed E-state index contributed by atoms with van der Waals surface area (Å²) in [5.41, 5.74) is -0.165. The number of hydrogen-bond donors (Lipinski definition) is 3. The number of nitrogens with one attached hydrogen (secondary N) is 2. The average molecular weight is 278 g/mol. The monoisotopic (exact) mass is 278 g/mol. The van der Waals surface area contributed by atoms with E-state index in [0.717, 1.165) is 31.4 Å². The van der Waals surface area contributed by atoms with E-state index in [-0.39, 0.29) is 17.7 Å². The maximum Gasteiger partial charge on any atom is 0.260 e. The van der Waals surface area contributed by atoms with Gasteiger partial charge < -0.3 is 15.4 Å². The normalized spacial score (nSPS) is 26.2. The van der Waals surface area contributed by atoms with Gasteiger partial charge in [0.15, 0.2) is 0 Å². The van der Waals surface area contributed by atoms with Crippen LogP contribution in [0.4, 0.5) is 0 Å². The number of H-pyrrole nitrogens is 1. The summed E-state index contributed by atoms with van der Waals surface area (Å²) in [6, 6.07) is 3.23. The molecule has 2 unspecified atom stereocenters. The van der Waals surface area contributed by atoms with Crippen molar-refractivity contribution in [3.63, 3.8) is 0 Å². The van der Waals surface area contributed by atoms with Crippen molar-refractivity contribution in [3.05, 3.63) is 33.7 Å². The van der Waals surface area contributed by atoms with E-state index in [4.69, 9.17) is 0 Å². The lowest BCUT2D eigenvalue weighted by Crippen LogP contribution is -2.54. The van der Waals surface area contributed by atoms with E-state index in [1.165, 1.54) is 6.07 Å². The number of carbonyl (C=O) groups excluding carboxylic acids is 1. The predicted octanol–water partition coefficient (Wildman–Crippen LogP) is 1.35. The first-order chi connectivity index (χ1) is 9.46. The molecule has 1 aromatic heterocycles. The van der Waals surface area contributed by atoms with Crippen LogP contribution in [0.25, 0.3) is 0 Å². The highest BCUT2D eigenvalue weighted by Crippen LogP contribution is 2.32. The first-order valence-corrected chi connectivity index (χ1v) is 7.09. The number of rotatable bonds is 3. The van der Waals surface area contributed by atoms with Crippen molar-refractivity contribution in [2.75, 3.05) is 6.61 Å². The van der Waals surface area contributed by atoms with Gasteiger partial charge in [-0.1, -0.05) is 19.8 Å². The molecule has 110 valence electrons. The van der Waals surface area contributed by atoms with Gasteiger partial charge >= 0.3 is 0 Å². The number of hydrogen-bond acceptors (Lipinski definition) is 3. The lowest BCUT2D eigenvalue weighted by molar-refractivity contribution is 0.0695. The van der Waals surface area contributed by atoms with E-state index in [0.29, 0.717) is 5.92 Å². The molecule has 1 amide bonds. The second-order valence-electron chi connectivity index (χ2n) is 5.98. The van der Waals surface area contributed by atoms with E-state index in [9.17, 15) is 14.7 Å². The Labute approximate surface area is 118 Å². The van der Waals surface area contributed by atoms with Crippen molar-refractivity contribution in [3.8, 4) is 0 Å². The number of aliphatic hydroxyl groups excluding tert-OH is 1. The summed E-state index contributed by atoms with van der Waals surface area (Å²) in [6.45, 7) is 3.79. The summed E-state index contributed by atoms with van der Waals surface area (Å²) >= 11 is 0. The van der Waals surface area contributed by atoms with Gasteiger partial charge in [-0.15, -0.1) is 0 Å². The first-order valence-electron chi connectivity index (χ1n) is 7.09. The molecule has 0 spiro atoms. The molecular formula is C15H22N2O3. The molecule has 1 aliphatic rings. The van der Waals surface area contributed by atoms with Crippen molar-refractivity contribution in [2.24, 2.45) is 5.92 Å². The van der Waals surface area contributed by atoms with Crippen LogP contribution in [0.3, 0.4) is 0 Å². The summed E-state index contributed by atoms with van der Waals surface area (Å²) in [4.78, 5) is 26.7. The molecule has 0 radical (unpaired) electrons. The van der Waals surface area contributed by atoms with Gasteiger partial charge in [-0.25, -0.2) is 0 Å². The molecule has 20 heavy (non-hydrogen) atoms. The molecule has 1 fully saturated rings. The van der Waals surface area contributed by atoms with Crippen molar-refractivity contribution < 1.29 is 9.90 Å². The molecule has 0 saturated heterocycles. The number of pyridine rings is 1. The predicted molar refractivity (Wildman–Crippen MR) is 76.7 cm³/mol. The van der Waals surface area contributed by atoms with Gasteiger partial charge in [0.25, 0.3) is 11.5 Å². The minimum atomic E-state index is -0.591. The minimum Gasteiger partial charge on any atom is -0.394 e. The van der Waals surface area contributed by atoms with Crippen LogP contribution in [-0.4, -0.2) is 28.1 Å². The Balaban J connectivity index is 2.19. The maximum absolute atomic E-state index is 12.3. The van der Waals surface area contributed by atoms with Crippen molar-refractivity contribution in [2.45, 2.75) is 45.1 Å². The zero-order valence-electron chi connectivity index (χ0n) is 12.0. The number of amides is 1. The third kappa shape index (κ3) is 3.10. The molecule has 1 heterocycles. The van der Waals surface area contributed by atoms with E-state index >= 15 is 0 Å². The van der Waals surface area contributed by atoms with Gasteiger partial charge in [0.1, 0.15) is 5.56 Å². The highest BCUT2D eigenvalue weighted by Gasteiger charge is 2.36. The lowest BCUT2D eigenvalue weighted by atomic mass is 9.76. The summed E-state index contributed by atoms with van der Waals surface area (Å²) in [5.74, 6) is 0.0573. The van der Waals surface area contributed by atoms with Gasteiger partial charge in [0.2, 0.25) is 0 Å². The van der Waals surface area contributed by atoms with E-state index in [1.54, 1.807) is 13.0 Å². The van der Waals surface area contributed by atoms with Crippen LogP contribution in [-0.2, 0) is 0 Å². The topological polar surface area (TPSA) is 82.2 Å². The quantitative estimate of drug-likeness (QED) is 0.780.